The topological polar surface area (TPSA) is 56.7 Å². The average molecular weight is 244 g/mol. The molecule has 86 valence electrons. The maximum atomic E-state index is 5.80. The van der Waals surface area contributed by atoms with Crippen LogP contribution in [-0.4, -0.2) is 14.8 Å². The number of benzene rings is 1. The van der Waals surface area contributed by atoms with Gasteiger partial charge in [-0.1, -0.05) is 0 Å². The summed E-state index contributed by atoms with van der Waals surface area (Å²) in [5.41, 5.74) is 8.66. The third kappa shape index (κ3) is 1.89. The smallest absolute Gasteiger partial charge is 0.114 e. The van der Waals surface area contributed by atoms with Crippen molar-refractivity contribution in [2.75, 3.05) is 5.73 Å². The van der Waals surface area contributed by atoms with E-state index in [-0.39, 0.29) is 0 Å². The number of anilines is 1. The number of rotatable bonds is 2. The minimum atomic E-state index is 0.700. The van der Waals surface area contributed by atoms with Gasteiger partial charge >= 0.3 is 0 Å². The van der Waals surface area contributed by atoms with Gasteiger partial charge in [-0.2, -0.15) is 5.10 Å². The van der Waals surface area contributed by atoms with Crippen LogP contribution in [-0.2, 0) is 6.54 Å². The van der Waals surface area contributed by atoms with Gasteiger partial charge in [0.15, 0.2) is 0 Å². The molecule has 0 saturated heterocycles. The van der Waals surface area contributed by atoms with Gasteiger partial charge < -0.3 is 5.73 Å². The number of hydrogen-bond donors (Lipinski definition) is 1. The monoisotopic (exact) mass is 244 g/mol. The number of aryl methyl sites for hydroxylation is 1. The molecule has 2 aromatic heterocycles. The molecule has 0 atom stereocenters. The fraction of sp³-hybridized carbons (Fsp3) is 0.167. The molecule has 0 bridgehead atoms. The molecule has 0 aliphatic heterocycles. The first kappa shape index (κ1) is 10.3. The molecule has 2 N–H and O–H groups in total. The molecular formula is C12H12N4S. The second-order valence-corrected chi connectivity index (χ2v) is 4.95. The van der Waals surface area contributed by atoms with E-state index in [1.54, 1.807) is 11.3 Å². The van der Waals surface area contributed by atoms with Crippen molar-refractivity contribution in [3.63, 3.8) is 0 Å². The van der Waals surface area contributed by atoms with Gasteiger partial charge in [0.05, 0.1) is 18.3 Å². The van der Waals surface area contributed by atoms with Crippen molar-refractivity contribution < 1.29 is 0 Å². The maximum Gasteiger partial charge on any atom is 0.114 e. The Hall–Kier alpha value is -1.88. The summed E-state index contributed by atoms with van der Waals surface area (Å²) in [7, 11) is 0. The fourth-order valence-corrected chi connectivity index (χ4v) is 2.57. The van der Waals surface area contributed by atoms with Crippen LogP contribution in [0, 0.1) is 6.92 Å². The SMILES string of the molecule is Cc1csc(Cn2ncc3ccc(N)cc32)n1. The number of fused-ring (bicyclic) bond motifs is 1. The summed E-state index contributed by atoms with van der Waals surface area (Å²) in [5, 5.41) is 8.59. The van der Waals surface area contributed by atoms with E-state index < -0.39 is 0 Å². The van der Waals surface area contributed by atoms with Gasteiger partial charge in [-0.15, -0.1) is 11.3 Å². The molecule has 0 unspecified atom stereocenters. The van der Waals surface area contributed by atoms with Gasteiger partial charge in [0.2, 0.25) is 0 Å². The predicted molar refractivity (Wildman–Crippen MR) is 70.1 cm³/mol. The molecule has 3 rings (SSSR count). The lowest BCUT2D eigenvalue weighted by Gasteiger charge is -2.01. The molecule has 0 spiro atoms. The Morgan fingerprint density at radius 1 is 1.41 bits per heavy atom. The molecule has 5 heteroatoms. The number of thiazole rings is 1. The van der Waals surface area contributed by atoms with E-state index in [1.165, 1.54) is 0 Å². The van der Waals surface area contributed by atoms with Crippen molar-refractivity contribution >= 4 is 27.9 Å². The zero-order valence-electron chi connectivity index (χ0n) is 9.42. The third-order valence-corrected chi connectivity index (χ3v) is 3.57. The predicted octanol–water partition coefficient (Wildman–Crippen LogP) is 2.43. The van der Waals surface area contributed by atoms with Crippen molar-refractivity contribution in [1.29, 1.82) is 0 Å². The van der Waals surface area contributed by atoms with Crippen LogP contribution >= 0.6 is 11.3 Å². The van der Waals surface area contributed by atoms with Crippen LogP contribution in [0.3, 0.4) is 0 Å². The van der Waals surface area contributed by atoms with Crippen molar-refractivity contribution in [2.45, 2.75) is 13.5 Å². The van der Waals surface area contributed by atoms with Crippen LogP contribution in [0.4, 0.5) is 5.69 Å². The Bertz CT molecular complexity index is 668. The van der Waals surface area contributed by atoms with Gasteiger partial charge in [0.25, 0.3) is 0 Å². The molecule has 0 amide bonds. The number of nitrogens with two attached hydrogens (primary N) is 1. The van der Waals surface area contributed by atoms with E-state index >= 15 is 0 Å². The minimum Gasteiger partial charge on any atom is -0.399 e. The Morgan fingerprint density at radius 3 is 3.06 bits per heavy atom. The van der Waals surface area contributed by atoms with Crippen molar-refractivity contribution in [3.8, 4) is 0 Å². The Morgan fingerprint density at radius 2 is 2.29 bits per heavy atom. The van der Waals surface area contributed by atoms with E-state index in [9.17, 15) is 0 Å². The van der Waals surface area contributed by atoms with Crippen molar-refractivity contribution in [1.82, 2.24) is 14.8 Å². The molecule has 3 aromatic rings. The summed E-state index contributed by atoms with van der Waals surface area (Å²) in [5.74, 6) is 0. The highest BCUT2D eigenvalue weighted by Gasteiger charge is 2.05. The van der Waals surface area contributed by atoms with Crippen LogP contribution in [0.1, 0.15) is 10.7 Å². The first-order chi connectivity index (χ1) is 8.22. The summed E-state index contributed by atoms with van der Waals surface area (Å²) in [6.07, 6.45) is 1.86. The zero-order valence-corrected chi connectivity index (χ0v) is 10.2. The second-order valence-electron chi connectivity index (χ2n) is 4.00. The zero-order chi connectivity index (χ0) is 11.8. The highest BCUT2D eigenvalue weighted by molar-refractivity contribution is 7.09. The van der Waals surface area contributed by atoms with Crippen LogP contribution < -0.4 is 5.73 Å². The van der Waals surface area contributed by atoms with Gasteiger partial charge in [-0.3, -0.25) is 4.68 Å². The summed E-state index contributed by atoms with van der Waals surface area (Å²) in [6, 6.07) is 5.83. The van der Waals surface area contributed by atoms with Crippen LogP contribution in [0.25, 0.3) is 10.9 Å². The number of hydrogen-bond acceptors (Lipinski definition) is 4. The number of nitrogens with zero attached hydrogens (tertiary/aromatic N) is 3. The molecule has 0 aliphatic rings. The van der Waals surface area contributed by atoms with E-state index in [1.807, 2.05) is 36.0 Å². The minimum absolute atomic E-state index is 0.700. The highest BCUT2D eigenvalue weighted by atomic mass is 32.1. The molecule has 2 heterocycles. The average Bonchev–Trinajstić information content (AvgIpc) is 2.87. The molecule has 0 radical (unpaired) electrons. The first-order valence-corrected chi connectivity index (χ1v) is 6.22. The van der Waals surface area contributed by atoms with Crippen molar-refractivity contribution in [3.05, 3.63) is 40.5 Å². The molecule has 0 aliphatic carbocycles. The summed E-state index contributed by atoms with van der Waals surface area (Å²) in [4.78, 5) is 4.44. The Balaban J connectivity index is 2.03. The normalized spacial score (nSPS) is 11.1. The van der Waals surface area contributed by atoms with Gasteiger partial charge in [-0.25, -0.2) is 4.98 Å². The Kier molecular flexibility index (Phi) is 2.33. The number of nitrogen functional groups attached to an aromatic ring is 1. The van der Waals surface area contributed by atoms with E-state index in [2.05, 4.69) is 15.5 Å². The standard InChI is InChI=1S/C12H12N4S/c1-8-7-17-12(15-8)6-16-11-4-10(13)3-2-9(11)5-14-16/h2-5,7H,6,13H2,1H3. The Labute approximate surface area is 103 Å². The summed E-state index contributed by atoms with van der Waals surface area (Å²) < 4.78 is 1.93. The van der Waals surface area contributed by atoms with Crippen LogP contribution in [0.5, 0.6) is 0 Å². The van der Waals surface area contributed by atoms with E-state index in [0.717, 1.165) is 27.3 Å². The van der Waals surface area contributed by atoms with E-state index in [0.29, 0.717) is 6.54 Å². The molecule has 0 saturated carbocycles. The van der Waals surface area contributed by atoms with Gasteiger partial charge in [0.1, 0.15) is 5.01 Å². The molecule has 1 aromatic carbocycles. The lowest BCUT2D eigenvalue weighted by Crippen LogP contribution is -2.01. The van der Waals surface area contributed by atoms with E-state index in [4.69, 9.17) is 5.73 Å². The first-order valence-electron chi connectivity index (χ1n) is 5.34. The highest BCUT2D eigenvalue weighted by Crippen LogP contribution is 2.19. The second kappa shape index (κ2) is 3.85. The fourth-order valence-electron chi connectivity index (χ4n) is 1.82. The number of aromatic nitrogens is 3. The van der Waals surface area contributed by atoms with Crippen LogP contribution in [0.2, 0.25) is 0 Å². The largest absolute Gasteiger partial charge is 0.399 e. The van der Waals surface area contributed by atoms with Crippen LogP contribution in [0.15, 0.2) is 29.8 Å². The third-order valence-electron chi connectivity index (χ3n) is 2.62. The lowest BCUT2D eigenvalue weighted by atomic mass is 10.2. The molecule has 0 fully saturated rings. The summed E-state index contributed by atoms with van der Waals surface area (Å²) >= 11 is 1.66. The lowest BCUT2D eigenvalue weighted by molar-refractivity contribution is 0.707. The summed E-state index contributed by atoms with van der Waals surface area (Å²) in [6.45, 7) is 2.70. The molecule has 4 nitrogen and oxygen atoms in total. The quantitative estimate of drug-likeness (QED) is 0.704. The van der Waals surface area contributed by atoms with Gasteiger partial charge in [-0.05, 0) is 25.1 Å². The molecular weight excluding hydrogens is 232 g/mol. The van der Waals surface area contributed by atoms with Crippen molar-refractivity contribution in [2.24, 2.45) is 0 Å². The maximum absolute atomic E-state index is 5.80. The van der Waals surface area contributed by atoms with Gasteiger partial charge in [0, 0.05) is 22.1 Å². The molecule has 17 heavy (non-hydrogen) atoms.